The van der Waals surface area contributed by atoms with Crippen molar-refractivity contribution in [3.63, 3.8) is 0 Å². The van der Waals surface area contributed by atoms with Gasteiger partial charge in [-0.15, -0.1) is 0 Å². The van der Waals surface area contributed by atoms with E-state index in [2.05, 4.69) is 9.97 Å². The van der Waals surface area contributed by atoms with Crippen molar-refractivity contribution in [3.05, 3.63) is 17.8 Å². The van der Waals surface area contributed by atoms with Crippen LogP contribution in [0.3, 0.4) is 0 Å². The fraction of sp³-hybridized carbons (Fsp3) is 0.462. The highest BCUT2D eigenvalue weighted by Crippen LogP contribution is 2.31. The second-order valence-corrected chi connectivity index (χ2v) is 5.71. The number of pyridine rings is 1. The third-order valence-electron chi connectivity index (χ3n) is 3.34. The van der Waals surface area contributed by atoms with Gasteiger partial charge in [0.15, 0.2) is 10.8 Å². The number of nitrogens with zero attached hydrogens (tertiary/aromatic N) is 3. The molecule has 1 unspecified atom stereocenters. The highest BCUT2D eigenvalue weighted by Gasteiger charge is 2.25. The number of aryl methyl sites for hydroxylation is 1. The Bertz CT molecular complexity index is 650. The molecule has 0 spiro atoms. The summed E-state index contributed by atoms with van der Waals surface area (Å²) in [4.78, 5) is 19.8. The number of imidazole rings is 1. The van der Waals surface area contributed by atoms with Gasteiger partial charge in [-0.3, -0.25) is 9.36 Å². The first-order chi connectivity index (χ1) is 9.66. The number of rotatable bonds is 4. The van der Waals surface area contributed by atoms with Crippen LogP contribution in [0.15, 0.2) is 17.4 Å². The van der Waals surface area contributed by atoms with Crippen LogP contribution in [0.2, 0.25) is 0 Å². The first-order valence-electron chi connectivity index (χ1n) is 6.42. The minimum atomic E-state index is -0.846. The quantitative estimate of drug-likeness (QED) is 0.867. The molecule has 6 nitrogen and oxygen atoms in total. The summed E-state index contributed by atoms with van der Waals surface area (Å²) in [6.45, 7) is 3.33. The SMILES string of the molecule is Cc1ccnc2c1nc(SCC(=O)O)n2C1CCOC1. The summed E-state index contributed by atoms with van der Waals surface area (Å²) in [5, 5.41) is 9.57. The average molecular weight is 293 g/mol. The van der Waals surface area contributed by atoms with Crippen molar-refractivity contribution in [2.24, 2.45) is 0 Å². The zero-order valence-electron chi connectivity index (χ0n) is 11.1. The molecular weight excluding hydrogens is 278 g/mol. The molecule has 2 aromatic heterocycles. The van der Waals surface area contributed by atoms with Crippen LogP contribution in [0.4, 0.5) is 0 Å². The number of aliphatic carboxylic acids is 1. The second-order valence-electron chi connectivity index (χ2n) is 4.76. The van der Waals surface area contributed by atoms with Crippen LogP contribution in [0.25, 0.3) is 11.2 Å². The lowest BCUT2D eigenvalue weighted by Crippen LogP contribution is -2.11. The molecule has 20 heavy (non-hydrogen) atoms. The Hall–Kier alpha value is -1.60. The highest BCUT2D eigenvalue weighted by atomic mass is 32.2. The number of ether oxygens (including phenoxy) is 1. The number of aromatic nitrogens is 3. The van der Waals surface area contributed by atoms with Crippen LogP contribution < -0.4 is 0 Å². The zero-order chi connectivity index (χ0) is 14.1. The normalized spacial score (nSPS) is 18.8. The molecule has 2 aromatic rings. The molecule has 0 radical (unpaired) electrons. The second kappa shape index (κ2) is 5.41. The van der Waals surface area contributed by atoms with Crippen molar-refractivity contribution in [2.45, 2.75) is 24.5 Å². The van der Waals surface area contributed by atoms with Crippen LogP contribution in [0.1, 0.15) is 18.0 Å². The topological polar surface area (TPSA) is 77.2 Å². The van der Waals surface area contributed by atoms with Gasteiger partial charge in [0.05, 0.1) is 18.4 Å². The van der Waals surface area contributed by atoms with Crippen molar-refractivity contribution in [1.29, 1.82) is 0 Å². The van der Waals surface area contributed by atoms with Crippen LogP contribution in [-0.2, 0) is 9.53 Å². The fourth-order valence-electron chi connectivity index (χ4n) is 2.37. The maximum atomic E-state index is 10.8. The van der Waals surface area contributed by atoms with Gasteiger partial charge < -0.3 is 9.84 Å². The molecule has 0 aromatic carbocycles. The van der Waals surface area contributed by atoms with Gasteiger partial charge in [-0.2, -0.15) is 0 Å². The number of fused-ring (bicyclic) bond motifs is 1. The molecular formula is C13H15N3O3S. The lowest BCUT2D eigenvalue weighted by atomic mass is 10.2. The zero-order valence-corrected chi connectivity index (χ0v) is 11.9. The summed E-state index contributed by atoms with van der Waals surface area (Å²) in [5.74, 6) is -0.850. The molecule has 3 heterocycles. The first kappa shape index (κ1) is 13.4. The van der Waals surface area contributed by atoms with Gasteiger partial charge >= 0.3 is 5.97 Å². The minimum absolute atomic E-state index is 0.00402. The fourth-order valence-corrected chi connectivity index (χ4v) is 3.16. The average Bonchev–Trinajstić information content (AvgIpc) is 3.03. The maximum absolute atomic E-state index is 10.8. The number of carboxylic acid groups (broad SMARTS) is 1. The number of hydrogen-bond donors (Lipinski definition) is 1. The number of carbonyl (C=O) groups is 1. The third kappa shape index (κ3) is 2.38. The Labute approximate surface area is 120 Å². The van der Waals surface area contributed by atoms with Gasteiger partial charge in [0.25, 0.3) is 0 Å². The van der Waals surface area contributed by atoms with Gasteiger partial charge in [-0.05, 0) is 25.0 Å². The van der Waals surface area contributed by atoms with Gasteiger partial charge in [-0.1, -0.05) is 11.8 Å². The van der Waals surface area contributed by atoms with Gasteiger partial charge in [0, 0.05) is 12.8 Å². The summed E-state index contributed by atoms with van der Waals surface area (Å²) < 4.78 is 7.47. The smallest absolute Gasteiger partial charge is 0.313 e. The summed E-state index contributed by atoms with van der Waals surface area (Å²) in [6.07, 6.45) is 2.67. The van der Waals surface area contributed by atoms with Crippen molar-refractivity contribution >= 4 is 28.9 Å². The predicted molar refractivity (Wildman–Crippen MR) is 75.1 cm³/mol. The van der Waals surface area contributed by atoms with Crippen LogP contribution in [-0.4, -0.2) is 44.6 Å². The lowest BCUT2D eigenvalue weighted by Gasteiger charge is -2.13. The van der Waals surface area contributed by atoms with Gasteiger partial charge in [-0.25, -0.2) is 9.97 Å². The number of hydrogen-bond acceptors (Lipinski definition) is 5. The highest BCUT2D eigenvalue weighted by molar-refractivity contribution is 7.99. The Balaban J connectivity index is 2.08. The van der Waals surface area contributed by atoms with Crippen LogP contribution in [0, 0.1) is 6.92 Å². The summed E-state index contributed by atoms with van der Waals surface area (Å²) >= 11 is 1.23. The van der Waals surface area contributed by atoms with E-state index in [1.165, 1.54) is 11.8 Å². The molecule has 1 saturated heterocycles. The standard InChI is InChI=1S/C13H15N3O3S/c1-8-2-4-14-12-11(8)15-13(20-7-10(17)18)16(12)9-3-5-19-6-9/h2,4,9H,3,5-7H2,1H3,(H,17,18). The molecule has 1 atom stereocenters. The molecule has 0 aliphatic carbocycles. The van der Waals surface area contributed by atoms with E-state index >= 15 is 0 Å². The van der Waals surface area contributed by atoms with Gasteiger partial charge in [0.2, 0.25) is 0 Å². The largest absolute Gasteiger partial charge is 0.481 e. The molecule has 1 N–H and O–H groups in total. The molecule has 106 valence electrons. The third-order valence-corrected chi connectivity index (χ3v) is 4.28. The number of thioether (sulfide) groups is 1. The Kier molecular flexibility index (Phi) is 3.62. The van der Waals surface area contributed by atoms with E-state index in [1.54, 1.807) is 6.20 Å². The van der Waals surface area contributed by atoms with Crippen LogP contribution in [0.5, 0.6) is 0 Å². The monoisotopic (exact) mass is 293 g/mol. The van der Waals surface area contributed by atoms with Crippen molar-refractivity contribution in [3.8, 4) is 0 Å². The lowest BCUT2D eigenvalue weighted by molar-refractivity contribution is -0.133. The van der Waals surface area contributed by atoms with E-state index in [0.717, 1.165) is 29.8 Å². The number of carboxylic acids is 1. The Morgan fingerprint density at radius 1 is 1.65 bits per heavy atom. The van der Waals surface area contributed by atoms with Crippen molar-refractivity contribution in [2.75, 3.05) is 19.0 Å². The minimum Gasteiger partial charge on any atom is -0.481 e. The maximum Gasteiger partial charge on any atom is 0.313 e. The van der Waals surface area contributed by atoms with Crippen molar-refractivity contribution in [1.82, 2.24) is 14.5 Å². The molecule has 0 saturated carbocycles. The molecule has 7 heteroatoms. The Morgan fingerprint density at radius 2 is 2.50 bits per heavy atom. The predicted octanol–water partition coefficient (Wildman–Crippen LogP) is 1.88. The summed E-state index contributed by atoms with van der Waals surface area (Å²) in [7, 11) is 0. The van der Waals surface area contributed by atoms with E-state index in [1.807, 2.05) is 17.6 Å². The Morgan fingerprint density at radius 3 is 3.20 bits per heavy atom. The van der Waals surface area contributed by atoms with Crippen LogP contribution >= 0.6 is 11.8 Å². The molecule has 0 amide bonds. The van der Waals surface area contributed by atoms with E-state index in [4.69, 9.17) is 9.84 Å². The van der Waals surface area contributed by atoms with E-state index in [-0.39, 0.29) is 11.8 Å². The van der Waals surface area contributed by atoms with E-state index < -0.39 is 5.97 Å². The van der Waals surface area contributed by atoms with E-state index in [9.17, 15) is 4.79 Å². The molecule has 1 aliphatic heterocycles. The molecule has 3 rings (SSSR count). The van der Waals surface area contributed by atoms with E-state index in [0.29, 0.717) is 11.8 Å². The molecule has 0 bridgehead atoms. The molecule has 1 fully saturated rings. The van der Waals surface area contributed by atoms with Crippen molar-refractivity contribution < 1.29 is 14.6 Å². The summed E-state index contributed by atoms with van der Waals surface area (Å²) in [6, 6.07) is 2.10. The van der Waals surface area contributed by atoms with Gasteiger partial charge in [0.1, 0.15) is 5.52 Å². The molecule has 1 aliphatic rings. The first-order valence-corrected chi connectivity index (χ1v) is 7.41. The summed E-state index contributed by atoms with van der Waals surface area (Å²) in [5.41, 5.74) is 2.70.